The Kier molecular flexibility index (Phi) is 54.0. The molecule has 0 heterocycles. The van der Waals surface area contributed by atoms with E-state index in [-0.39, 0.29) is 31.1 Å². The molecule has 0 fully saturated rings. The summed E-state index contributed by atoms with van der Waals surface area (Å²) >= 11 is 0. The summed E-state index contributed by atoms with van der Waals surface area (Å²) in [5.74, 6) is -0.944. The molecule has 1 atom stereocenters. The zero-order valence-electron chi connectivity index (χ0n) is 45.2. The first-order valence-electron chi connectivity index (χ1n) is 28.5. The highest BCUT2D eigenvalue weighted by atomic mass is 16.6. The smallest absolute Gasteiger partial charge is 0.306 e. The molecule has 1 unspecified atom stereocenters. The van der Waals surface area contributed by atoms with Crippen LogP contribution in [0.2, 0.25) is 0 Å². The minimum atomic E-state index is -0.792. The van der Waals surface area contributed by atoms with Crippen LogP contribution in [0.5, 0.6) is 0 Å². The highest BCUT2D eigenvalue weighted by Crippen LogP contribution is 2.13. The van der Waals surface area contributed by atoms with Gasteiger partial charge in [0.1, 0.15) is 13.2 Å². The summed E-state index contributed by atoms with van der Waals surface area (Å²) in [5.41, 5.74) is 0. The van der Waals surface area contributed by atoms with Gasteiger partial charge in [-0.05, 0) is 116 Å². The van der Waals surface area contributed by atoms with E-state index in [1.165, 1.54) is 57.8 Å². The van der Waals surface area contributed by atoms with Gasteiger partial charge in [0.05, 0.1) is 0 Å². The number of carbonyl (C=O) groups excluding carboxylic acids is 3. The van der Waals surface area contributed by atoms with Gasteiger partial charge < -0.3 is 14.2 Å². The molecule has 0 spiro atoms. The van der Waals surface area contributed by atoms with Crippen LogP contribution in [0.4, 0.5) is 0 Å². The molecule has 0 N–H and O–H groups in total. The van der Waals surface area contributed by atoms with Crippen LogP contribution in [0.15, 0.2) is 122 Å². The van der Waals surface area contributed by atoms with Crippen molar-refractivity contribution in [3.8, 4) is 0 Å². The predicted molar refractivity (Wildman–Crippen MR) is 302 cm³/mol. The van der Waals surface area contributed by atoms with Gasteiger partial charge in [-0.25, -0.2) is 0 Å². The zero-order chi connectivity index (χ0) is 50.7. The predicted octanol–water partition coefficient (Wildman–Crippen LogP) is 19.3. The van der Waals surface area contributed by atoms with Gasteiger partial charge >= 0.3 is 17.9 Å². The van der Waals surface area contributed by atoms with Gasteiger partial charge in [0, 0.05) is 19.3 Å². The van der Waals surface area contributed by atoms with Crippen LogP contribution in [0.3, 0.4) is 0 Å². The topological polar surface area (TPSA) is 78.9 Å². The van der Waals surface area contributed by atoms with Gasteiger partial charge in [-0.3, -0.25) is 14.4 Å². The summed E-state index contributed by atoms with van der Waals surface area (Å²) in [4.78, 5) is 37.8. The molecule has 0 aromatic carbocycles. The van der Waals surface area contributed by atoms with E-state index in [1.807, 2.05) is 0 Å². The number of rotatable bonds is 50. The maximum atomic E-state index is 12.8. The van der Waals surface area contributed by atoms with E-state index >= 15 is 0 Å². The van der Waals surface area contributed by atoms with E-state index in [0.717, 1.165) is 148 Å². The lowest BCUT2D eigenvalue weighted by Gasteiger charge is -2.18. The molecule has 0 aromatic rings. The second-order valence-corrected chi connectivity index (χ2v) is 18.5. The highest BCUT2D eigenvalue weighted by Gasteiger charge is 2.19. The number of allylic oxidation sites excluding steroid dienone is 20. The normalized spacial score (nSPS) is 13.0. The van der Waals surface area contributed by atoms with Crippen LogP contribution in [-0.4, -0.2) is 37.2 Å². The van der Waals surface area contributed by atoms with Crippen LogP contribution in [0, 0.1) is 0 Å². The van der Waals surface area contributed by atoms with Gasteiger partial charge in [0.25, 0.3) is 0 Å². The average molecular weight is 970 g/mol. The molecule has 0 saturated heterocycles. The van der Waals surface area contributed by atoms with Crippen molar-refractivity contribution >= 4 is 17.9 Å². The van der Waals surface area contributed by atoms with Crippen molar-refractivity contribution in [1.82, 2.24) is 0 Å². The van der Waals surface area contributed by atoms with Crippen LogP contribution in [-0.2, 0) is 28.6 Å². The first kappa shape index (κ1) is 65.8. The molecule has 396 valence electrons. The van der Waals surface area contributed by atoms with Crippen molar-refractivity contribution in [2.45, 2.75) is 252 Å². The lowest BCUT2D eigenvalue weighted by molar-refractivity contribution is -0.167. The largest absolute Gasteiger partial charge is 0.462 e. The number of hydrogen-bond donors (Lipinski definition) is 0. The molecule has 0 saturated carbocycles. The fourth-order valence-corrected chi connectivity index (χ4v) is 7.43. The number of carbonyl (C=O) groups is 3. The number of esters is 3. The maximum Gasteiger partial charge on any atom is 0.306 e. The third-order valence-electron chi connectivity index (χ3n) is 11.7. The van der Waals surface area contributed by atoms with Crippen molar-refractivity contribution < 1.29 is 28.6 Å². The monoisotopic (exact) mass is 969 g/mol. The van der Waals surface area contributed by atoms with E-state index in [1.54, 1.807) is 0 Å². The molecule has 0 aliphatic carbocycles. The summed E-state index contributed by atoms with van der Waals surface area (Å²) in [7, 11) is 0. The van der Waals surface area contributed by atoms with Crippen molar-refractivity contribution in [2.75, 3.05) is 13.2 Å². The summed E-state index contributed by atoms with van der Waals surface area (Å²) in [6, 6.07) is 0. The Morgan fingerprint density at radius 3 is 0.886 bits per heavy atom. The molecule has 70 heavy (non-hydrogen) atoms. The highest BCUT2D eigenvalue weighted by molar-refractivity contribution is 5.71. The second kappa shape index (κ2) is 57.4. The van der Waals surface area contributed by atoms with Crippen molar-refractivity contribution in [2.24, 2.45) is 0 Å². The first-order chi connectivity index (χ1) is 34.5. The number of unbranched alkanes of at least 4 members (excludes halogenated alkanes) is 19. The van der Waals surface area contributed by atoms with Crippen LogP contribution in [0.25, 0.3) is 0 Å². The quantitative estimate of drug-likeness (QED) is 0.0262. The van der Waals surface area contributed by atoms with Gasteiger partial charge in [-0.15, -0.1) is 0 Å². The van der Waals surface area contributed by atoms with Crippen molar-refractivity contribution in [3.05, 3.63) is 122 Å². The van der Waals surface area contributed by atoms with Gasteiger partial charge in [-0.2, -0.15) is 0 Å². The first-order valence-corrected chi connectivity index (χ1v) is 28.5. The molecular formula is C64H104O6. The van der Waals surface area contributed by atoms with Crippen molar-refractivity contribution in [1.29, 1.82) is 0 Å². The Hall–Kier alpha value is -4.19. The Morgan fingerprint density at radius 1 is 0.300 bits per heavy atom. The van der Waals surface area contributed by atoms with Crippen LogP contribution >= 0.6 is 0 Å². The lowest BCUT2D eigenvalue weighted by Crippen LogP contribution is -2.30. The van der Waals surface area contributed by atoms with Gasteiger partial charge in [0.15, 0.2) is 6.10 Å². The summed E-state index contributed by atoms with van der Waals surface area (Å²) in [6.07, 6.45) is 79.4. The van der Waals surface area contributed by atoms with E-state index in [4.69, 9.17) is 14.2 Å². The summed E-state index contributed by atoms with van der Waals surface area (Å²) < 4.78 is 16.7. The molecule has 0 bridgehead atoms. The zero-order valence-corrected chi connectivity index (χ0v) is 45.2. The lowest BCUT2D eigenvalue weighted by atomic mass is 10.1. The fraction of sp³-hybridized carbons (Fsp3) is 0.641. The number of hydrogen-bond acceptors (Lipinski definition) is 6. The Morgan fingerprint density at radius 2 is 0.557 bits per heavy atom. The van der Waals surface area contributed by atoms with Crippen molar-refractivity contribution in [3.63, 3.8) is 0 Å². The summed E-state index contributed by atoms with van der Waals surface area (Å²) in [6.45, 7) is 6.39. The standard InChI is InChI=1S/C64H104O6/c1-4-7-10-13-15-17-19-21-23-25-27-28-29-30-31-32-33-34-35-36-37-39-40-42-44-46-48-51-54-57-63(66)69-60-61(59-68-62(65)56-53-50-12-9-6-3)70-64(67)58-55-52-49-47-45-43-41-38-26-24-22-20-18-16-14-11-8-5-2/h7,10,15,17-18,20-21,23-24,26-28,30-31,33-34,36-37,40,42,61H,4-6,8-9,11-14,16,19,22,25,29,32,35,38-39,41,43-60H2,1-3H3/b10-7-,17-15-,20-18-,23-21-,26-24-,28-27-,31-30-,34-33-,37-36-,42-40-. The molecule has 0 aromatic heterocycles. The Labute approximate surface area is 431 Å². The maximum absolute atomic E-state index is 12.8. The third kappa shape index (κ3) is 54.7. The minimum absolute atomic E-state index is 0.0926. The third-order valence-corrected chi connectivity index (χ3v) is 11.7. The molecular weight excluding hydrogens is 865 g/mol. The number of ether oxygens (including phenoxy) is 3. The molecule has 0 amide bonds. The van der Waals surface area contributed by atoms with Crippen LogP contribution in [0.1, 0.15) is 245 Å². The fourth-order valence-electron chi connectivity index (χ4n) is 7.43. The molecule has 6 heteroatoms. The molecule has 0 radical (unpaired) electrons. The Bertz CT molecular complexity index is 1490. The second-order valence-electron chi connectivity index (χ2n) is 18.5. The van der Waals surface area contributed by atoms with Gasteiger partial charge in [-0.1, -0.05) is 232 Å². The molecule has 6 nitrogen and oxygen atoms in total. The summed E-state index contributed by atoms with van der Waals surface area (Å²) in [5, 5.41) is 0. The van der Waals surface area contributed by atoms with E-state index in [2.05, 4.69) is 142 Å². The average Bonchev–Trinajstić information content (AvgIpc) is 3.36. The van der Waals surface area contributed by atoms with E-state index < -0.39 is 6.10 Å². The minimum Gasteiger partial charge on any atom is -0.462 e. The molecule has 0 aliphatic heterocycles. The van der Waals surface area contributed by atoms with Crippen LogP contribution < -0.4 is 0 Å². The van der Waals surface area contributed by atoms with Gasteiger partial charge in [0.2, 0.25) is 0 Å². The molecule has 0 aliphatic rings. The Balaban J connectivity index is 4.20. The molecule has 0 rings (SSSR count). The van der Waals surface area contributed by atoms with E-state index in [0.29, 0.717) is 19.3 Å². The SMILES string of the molecule is CC/C=C\C/C=C\C/C=C\C/C=C\C/C=C\C/C=C\C/C=C\C/C=C\CCCCCCC(=O)OCC(COC(=O)CCCCCCC)OC(=O)CCCCCCCCC/C=C\C/C=C\CCCCCC. The van der Waals surface area contributed by atoms with E-state index in [9.17, 15) is 14.4 Å².